The third kappa shape index (κ3) is 8.86. The molecule has 3 N–H and O–H groups in total. The topological polar surface area (TPSA) is 88.3 Å². The molecule has 8 heteroatoms. The van der Waals surface area contributed by atoms with Crippen LogP contribution in [0.4, 0.5) is 0 Å². The van der Waals surface area contributed by atoms with Gasteiger partial charge in [0.25, 0.3) is 0 Å². The van der Waals surface area contributed by atoms with E-state index in [1.165, 1.54) is 0 Å². The van der Waals surface area contributed by atoms with Crippen molar-refractivity contribution >= 4 is 36.6 Å². The number of hydrogen-bond acceptors (Lipinski definition) is 4. The third-order valence-corrected chi connectivity index (χ3v) is 3.93. The zero-order chi connectivity index (χ0) is 18.1. The number of nitrogens with one attached hydrogen (secondary N) is 1. The van der Waals surface area contributed by atoms with Crippen LogP contribution in [0.2, 0.25) is 0 Å². The maximum absolute atomic E-state index is 12.1. The number of rotatable bonds is 8. The molecule has 148 valence electrons. The molecule has 27 heavy (non-hydrogen) atoms. The highest BCUT2D eigenvalue weighted by atomic mass is 35.5. The van der Waals surface area contributed by atoms with E-state index in [4.69, 9.17) is 5.73 Å². The predicted molar refractivity (Wildman–Crippen MR) is 111 cm³/mol. The minimum atomic E-state index is -0.377. The molecule has 1 unspecified atom stereocenters. The molecule has 0 spiro atoms. The van der Waals surface area contributed by atoms with E-state index < -0.39 is 0 Å². The first-order valence-corrected chi connectivity index (χ1v) is 8.27. The molecule has 0 bridgehead atoms. The highest BCUT2D eigenvalue weighted by Crippen LogP contribution is 2.12. The van der Waals surface area contributed by atoms with Crippen LogP contribution >= 0.6 is 24.8 Å². The number of nitrogens with zero attached hydrogens (tertiary/aromatic N) is 2. The van der Waals surface area contributed by atoms with Crippen molar-refractivity contribution in [2.24, 2.45) is 5.73 Å². The lowest BCUT2D eigenvalue weighted by Crippen LogP contribution is -2.39. The SMILES string of the molecule is CN(CCc1ccccn1)C(=O)CNC(=O)CC(N)c1ccccc1.Cl.Cl. The van der Waals surface area contributed by atoms with Gasteiger partial charge in [0, 0.05) is 44.4 Å². The second kappa shape index (κ2) is 13.1. The zero-order valence-corrected chi connectivity index (χ0v) is 16.8. The van der Waals surface area contributed by atoms with E-state index in [0.29, 0.717) is 13.0 Å². The maximum Gasteiger partial charge on any atom is 0.241 e. The summed E-state index contributed by atoms with van der Waals surface area (Å²) in [5.74, 6) is -0.375. The molecule has 0 saturated heterocycles. The van der Waals surface area contributed by atoms with Crippen molar-refractivity contribution in [2.75, 3.05) is 20.1 Å². The monoisotopic (exact) mass is 412 g/mol. The molecular formula is C19H26Cl2N4O2. The van der Waals surface area contributed by atoms with E-state index in [1.54, 1.807) is 18.1 Å². The summed E-state index contributed by atoms with van der Waals surface area (Å²) in [5, 5.41) is 2.64. The molecular weight excluding hydrogens is 387 g/mol. The minimum absolute atomic E-state index is 0. The lowest BCUT2D eigenvalue weighted by atomic mass is 10.0. The summed E-state index contributed by atoms with van der Waals surface area (Å²) in [4.78, 5) is 29.9. The van der Waals surface area contributed by atoms with Gasteiger partial charge in [0.15, 0.2) is 0 Å². The van der Waals surface area contributed by atoms with Gasteiger partial charge in [-0.05, 0) is 17.7 Å². The summed E-state index contributed by atoms with van der Waals surface area (Å²) in [6.45, 7) is 0.522. The number of aromatic nitrogens is 1. The van der Waals surface area contributed by atoms with Crippen molar-refractivity contribution in [3.8, 4) is 0 Å². The fourth-order valence-electron chi connectivity index (χ4n) is 2.35. The number of carbonyl (C=O) groups is 2. The fraction of sp³-hybridized carbons (Fsp3) is 0.316. The largest absolute Gasteiger partial charge is 0.347 e. The van der Waals surface area contributed by atoms with Crippen LogP contribution in [0.1, 0.15) is 23.7 Å². The number of pyridine rings is 1. The summed E-state index contributed by atoms with van der Waals surface area (Å²) in [5.41, 5.74) is 7.84. The Balaban J connectivity index is 0.00000338. The van der Waals surface area contributed by atoms with Crippen LogP contribution in [-0.2, 0) is 16.0 Å². The molecule has 1 heterocycles. The normalized spacial score (nSPS) is 10.7. The highest BCUT2D eigenvalue weighted by molar-refractivity contribution is 5.86. The minimum Gasteiger partial charge on any atom is -0.347 e. The molecule has 0 saturated carbocycles. The van der Waals surface area contributed by atoms with Crippen molar-refractivity contribution in [3.63, 3.8) is 0 Å². The van der Waals surface area contributed by atoms with Gasteiger partial charge in [-0.2, -0.15) is 0 Å². The quantitative estimate of drug-likeness (QED) is 0.694. The van der Waals surface area contributed by atoms with Crippen LogP contribution in [0, 0.1) is 0 Å². The van der Waals surface area contributed by atoms with E-state index in [0.717, 1.165) is 11.3 Å². The Kier molecular flexibility index (Phi) is 12.0. The van der Waals surface area contributed by atoms with Crippen LogP contribution < -0.4 is 11.1 Å². The molecule has 1 atom stereocenters. The van der Waals surface area contributed by atoms with Crippen LogP contribution in [0.5, 0.6) is 0 Å². The molecule has 0 aliphatic rings. The Hall–Kier alpha value is -2.15. The summed E-state index contributed by atoms with van der Waals surface area (Å²) >= 11 is 0. The average molecular weight is 413 g/mol. The highest BCUT2D eigenvalue weighted by Gasteiger charge is 2.14. The number of nitrogens with two attached hydrogens (primary N) is 1. The molecule has 2 amide bonds. The second-order valence-electron chi connectivity index (χ2n) is 5.88. The standard InChI is InChI=1S/C19H24N4O2.2ClH/c1-23(12-10-16-9-5-6-11-21-16)19(25)14-22-18(24)13-17(20)15-7-3-2-4-8-15;;/h2-9,11,17H,10,12-14,20H2,1H3,(H,22,24);2*1H. The summed E-state index contributed by atoms with van der Waals surface area (Å²) in [6.07, 6.45) is 2.55. The summed E-state index contributed by atoms with van der Waals surface area (Å²) in [7, 11) is 1.72. The Morgan fingerprint density at radius 2 is 1.78 bits per heavy atom. The van der Waals surface area contributed by atoms with Gasteiger partial charge in [-0.15, -0.1) is 24.8 Å². The van der Waals surface area contributed by atoms with Gasteiger partial charge in [-0.25, -0.2) is 0 Å². The molecule has 2 aromatic rings. The van der Waals surface area contributed by atoms with Gasteiger partial charge in [0.1, 0.15) is 0 Å². The summed E-state index contributed by atoms with van der Waals surface area (Å²) in [6, 6.07) is 14.7. The Morgan fingerprint density at radius 1 is 1.11 bits per heavy atom. The van der Waals surface area contributed by atoms with Gasteiger partial charge in [-0.1, -0.05) is 36.4 Å². The first-order valence-electron chi connectivity index (χ1n) is 8.27. The predicted octanol–water partition coefficient (Wildman–Crippen LogP) is 2.13. The van der Waals surface area contributed by atoms with Crippen molar-refractivity contribution in [1.29, 1.82) is 0 Å². The first-order chi connectivity index (χ1) is 12.1. The van der Waals surface area contributed by atoms with Gasteiger partial charge >= 0.3 is 0 Å². The number of amides is 2. The van der Waals surface area contributed by atoms with Crippen molar-refractivity contribution < 1.29 is 9.59 Å². The maximum atomic E-state index is 12.1. The lowest BCUT2D eigenvalue weighted by molar-refractivity contribution is -0.131. The average Bonchev–Trinajstić information content (AvgIpc) is 2.65. The smallest absolute Gasteiger partial charge is 0.241 e. The van der Waals surface area contributed by atoms with Gasteiger partial charge < -0.3 is 16.0 Å². The third-order valence-electron chi connectivity index (χ3n) is 3.93. The van der Waals surface area contributed by atoms with Crippen molar-refractivity contribution in [2.45, 2.75) is 18.9 Å². The van der Waals surface area contributed by atoms with Crippen molar-refractivity contribution in [1.82, 2.24) is 15.2 Å². The summed E-state index contributed by atoms with van der Waals surface area (Å²) < 4.78 is 0. The number of halogens is 2. The molecule has 0 aliphatic heterocycles. The van der Waals surface area contributed by atoms with Gasteiger partial charge in [0.2, 0.25) is 11.8 Å². The van der Waals surface area contributed by atoms with E-state index in [1.807, 2.05) is 48.5 Å². The molecule has 0 fully saturated rings. The van der Waals surface area contributed by atoms with Crippen molar-refractivity contribution in [3.05, 3.63) is 66.0 Å². The number of carbonyl (C=O) groups excluding carboxylic acids is 2. The van der Waals surface area contributed by atoms with E-state index in [9.17, 15) is 9.59 Å². The Labute approximate surface area is 172 Å². The van der Waals surface area contributed by atoms with Gasteiger partial charge in [0.05, 0.1) is 6.54 Å². The molecule has 1 aromatic carbocycles. The van der Waals surface area contributed by atoms with E-state index >= 15 is 0 Å². The fourth-order valence-corrected chi connectivity index (χ4v) is 2.35. The number of likely N-dealkylation sites (N-methyl/N-ethyl adjacent to an activating group) is 1. The van der Waals surface area contributed by atoms with Gasteiger partial charge in [-0.3, -0.25) is 14.6 Å². The van der Waals surface area contributed by atoms with E-state index in [-0.39, 0.29) is 55.6 Å². The molecule has 6 nitrogen and oxygen atoms in total. The Bertz CT molecular complexity index is 687. The Morgan fingerprint density at radius 3 is 2.41 bits per heavy atom. The lowest BCUT2D eigenvalue weighted by Gasteiger charge is -2.18. The number of hydrogen-bond donors (Lipinski definition) is 2. The van der Waals surface area contributed by atoms with Crippen LogP contribution in [-0.4, -0.2) is 41.8 Å². The molecule has 1 aromatic heterocycles. The van der Waals surface area contributed by atoms with Crippen LogP contribution in [0.15, 0.2) is 54.7 Å². The first kappa shape index (κ1) is 24.8. The molecule has 0 aliphatic carbocycles. The zero-order valence-electron chi connectivity index (χ0n) is 15.2. The second-order valence-corrected chi connectivity index (χ2v) is 5.88. The molecule has 0 radical (unpaired) electrons. The van der Waals surface area contributed by atoms with Crippen LogP contribution in [0.25, 0.3) is 0 Å². The number of benzene rings is 1. The van der Waals surface area contributed by atoms with E-state index in [2.05, 4.69) is 10.3 Å². The molecule has 2 rings (SSSR count). The van der Waals surface area contributed by atoms with Crippen LogP contribution in [0.3, 0.4) is 0 Å².